The van der Waals surface area contributed by atoms with Crippen LogP contribution in [0.15, 0.2) is 22.3 Å². The summed E-state index contributed by atoms with van der Waals surface area (Å²) in [5.74, 6) is 0. The van der Waals surface area contributed by atoms with E-state index in [4.69, 9.17) is 4.74 Å². The molecule has 0 aliphatic rings. The van der Waals surface area contributed by atoms with Crippen molar-refractivity contribution in [1.82, 2.24) is 9.80 Å². The molecule has 0 N–H and O–H groups in total. The zero-order valence-corrected chi connectivity index (χ0v) is 14.2. The first-order valence-corrected chi connectivity index (χ1v) is 7.86. The van der Waals surface area contributed by atoms with Crippen LogP contribution in [0.4, 0.5) is 0 Å². The van der Waals surface area contributed by atoms with Crippen LogP contribution in [-0.4, -0.2) is 69.4 Å². The Balaban J connectivity index is 3.99. The van der Waals surface area contributed by atoms with Crippen LogP contribution in [0.3, 0.4) is 0 Å². The van der Waals surface area contributed by atoms with Crippen LogP contribution in [0, 0.1) is 0 Å². The molecule has 0 aromatic carbocycles. The van der Waals surface area contributed by atoms with Gasteiger partial charge in [0.2, 0.25) is 0 Å². The SMILES string of the molecule is CCCN(CC)CC/C=C/N=C\N(/C=N/C)CCCOC. The van der Waals surface area contributed by atoms with Crippen molar-refractivity contribution in [3.8, 4) is 0 Å². The Labute approximate surface area is 130 Å². The fourth-order valence-electron chi connectivity index (χ4n) is 1.95. The minimum absolute atomic E-state index is 0.752. The molecule has 0 radical (unpaired) electrons. The first-order chi connectivity index (χ1) is 10.3. The molecule has 0 aromatic rings. The molecule has 122 valence electrons. The van der Waals surface area contributed by atoms with Crippen molar-refractivity contribution >= 4 is 12.7 Å². The van der Waals surface area contributed by atoms with Crippen LogP contribution >= 0.6 is 0 Å². The van der Waals surface area contributed by atoms with Gasteiger partial charge in [0.1, 0.15) is 0 Å². The smallest absolute Gasteiger partial charge is 0.0956 e. The lowest BCUT2D eigenvalue weighted by Crippen LogP contribution is -2.24. The number of aliphatic imine (C=N–C) groups is 2. The van der Waals surface area contributed by atoms with Gasteiger partial charge in [-0.15, -0.1) is 0 Å². The van der Waals surface area contributed by atoms with Crippen molar-refractivity contribution in [3.63, 3.8) is 0 Å². The molecule has 0 saturated heterocycles. The molecule has 0 bridgehead atoms. The van der Waals surface area contributed by atoms with Gasteiger partial charge >= 0.3 is 0 Å². The summed E-state index contributed by atoms with van der Waals surface area (Å²) in [6, 6.07) is 0. The molecule has 0 heterocycles. The van der Waals surface area contributed by atoms with Gasteiger partial charge in [0.15, 0.2) is 0 Å². The number of hydrogen-bond donors (Lipinski definition) is 0. The lowest BCUT2D eigenvalue weighted by Gasteiger charge is -2.17. The molecule has 0 fully saturated rings. The summed E-state index contributed by atoms with van der Waals surface area (Å²) in [6.45, 7) is 9.43. The van der Waals surface area contributed by atoms with Crippen molar-refractivity contribution in [1.29, 1.82) is 0 Å². The van der Waals surface area contributed by atoms with Crippen molar-refractivity contribution in [3.05, 3.63) is 12.3 Å². The molecule has 0 aromatic heterocycles. The van der Waals surface area contributed by atoms with E-state index in [9.17, 15) is 0 Å². The second-order valence-electron chi connectivity index (χ2n) is 4.83. The molecule has 5 heteroatoms. The molecule has 0 aliphatic heterocycles. The molecule has 0 aliphatic carbocycles. The maximum absolute atomic E-state index is 5.05. The second-order valence-corrected chi connectivity index (χ2v) is 4.83. The summed E-state index contributed by atoms with van der Waals surface area (Å²) in [5.41, 5.74) is 0. The minimum Gasteiger partial charge on any atom is -0.385 e. The Morgan fingerprint density at radius 3 is 2.52 bits per heavy atom. The summed E-state index contributed by atoms with van der Waals surface area (Å²) < 4.78 is 5.05. The van der Waals surface area contributed by atoms with Gasteiger partial charge in [-0.25, -0.2) is 4.99 Å². The Morgan fingerprint density at radius 1 is 1.10 bits per heavy atom. The van der Waals surface area contributed by atoms with Crippen LogP contribution < -0.4 is 0 Å². The molecular weight excluding hydrogens is 264 g/mol. The van der Waals surface area contributed by atoms with E-state index >= 15 is 0 Å². The van der Waals surface area contributed by atoms with Crippen molar-refractivity contribution in [2.75, 3.05) is 46.9 Å². The minimum atomic E-state index is 0.752. The lowest BCUT2D eigenvalue weighted by atomic mass is 10.3. The topological polar surface area (TPSA) is 40.4 Å². The predicted molar refractivity (Wildman–Crippen MR) is 92.3 cm³/mol. The number of methoxy groups -OCH3 is 1. The van der Waals surface area contributed by atoms with E-state index in [-0.39, 0.29) is 0 Å². The quantitative estimate of drug-likeness (QED) is 0.298. The Kier molecular flexibility index (Phi) is 14.3. The standard InChI is InChI=1S/C16H32N4O/c1-5-11-19(6-2)12-8-7-10-18-16-20(15-17-3)13-9-14-21-4/h7,10,15-16H,5-6,8-9,11-14H2,1-4H3/b10-7+,17-15+,18-16-. The highest BCUT2D eigenvalue weighted by molar-refractivity contribution is 5.75. The summed E-state index contributed by atoms with van der Waals surface area (Å²) in [6.07, 6.45) is 10.8. The second kappa shape index (κ2) is 15.2. The van der Waals surface area contributed by atoms with E-state index in [2.05, 4.69) is 34.8 Å². The van der Waals surface area contributed by atoms with E-state index in [1.165, 1.54) is 13.0 Å². The van der Waals surface area contributed by atoms with Crippen LogP contribution in [0.2, 0.25) is 0 Å². The molecule has 21 heavy (non-hydrogen) atoms. The highest BCUT2D eigenvalue weighted by Gasteiger charge is 1.97. The van der Waals surface area contributed by atoms with E-state index < -0.39 is 0 Å². The van der Waals surface area contributed by atoms with E-state index in [0.29, 0.717) is 0 Å². The summed E-state index contributed by atoms with van der Waals surface area (Å²) in [4.78, 5) is 12.8. The molecule has 0 amide bonds. The molecule has 5 nitrogen and oxygen atoms in total. The van der Waals surface area contributed by atoms with Gasteiger partial charge in [-0.3, -0.25) is 4.99 Å². The predicted octanol–water partition coefficient (Wildman–Crippen LogP) is 2.65. The summed E-state index contributed by atoms with van der Waals surface area (Å²) in [5, 5.41) is 0. The molecular formula is C16H32N4O. The van der Waals surface area contributed by atoms with Crippen molar-refractivity contribution in [2.24, 2.45) is 9.98 Å². The summed E-state index contributed by atoms with van der Waals surface area (Å²) >= 11 is 0. The van der Waals surface area contributed by atoms with Crippen LogP contribution in [0.5, 0.6) is 0 Å². The van der Waals surface area contributed by atoms with Gasteiger partial charge in [-0.2, -0.15) is 0 Å². The highest BCUT2D eigenvalue weighted by Crippen LogP contribution is 1.95. The van der Waals surface area contributed by atoms with Gasteiger partial charge in [-0.05, 0) is 32.4 Å². The monoisotopic (exact) mass is 296 g/mol. The molecule has 0 unspecified atom stereocenters. The van der Waals surface area contributed by atoms with E-state index in [1.807, 2.05) is 17.4 Å². The van der Waals surface area contributed by atoms with Gasteiger partial charge in [-0.1, -0.05) is 19.9 Å². The largest absolute Gasteiger partial charge is 0.385 e. The average Bonchev–Trinajstić information content (AvgIpc) is 2.49. The zero-order chi connectivity index (χ0) is 15.8. The maximum atomic E-state index is 5.05. The molecule has 0 spiro atoms. The number of nitrogens with zero attached hydrogens (tertiary/aromatic N) is 4. The third-order valence-electron chi connectivity index (χ3n) is 3.03. The lowest BCUT2D eigenvalue weighted by molar-refractivity contribution is 0.192. The molecule has 0 saturated carbocycles. The first kappa shape index (κ1) is 19.8. The fourth-order valence-corrected chi connectivity index (χ4v) is 1.95. The van der Waals surface area contributed by atoms with Crippen molar-refractivity contribution < 1.29 is 4.74 Å². The first-order valence-electron chi connectivity index (χ1n) is 7.86. The average molecular weight is 296 g/mol. The van der Waals surface area contributed by atoms with Crippen LogP contribution in [0.1, 0.15) is 33.1 Å². The van der Waals surface area contributed by atoms with E-state index in [1.54, 1.807) is 20.5 Å². The zero-order valence-electron chi connectivity index (χ0n) is 14.2. The van der Waals surface area contributed by atoms with Crippen molar-refractivity contribution in [2.45, 2.75) is 33.1 Å². The fraction of sp³-hybridized carbons (Fsp3) is 0.750. The van der Waals surface area contributed by atoms with Gasteiger partial charge in [0.05, 0.1) is 12.7 Å². The van der Waals surface area contributed by atoms with Gasteiger partial charge in [0, 0.05) is 40.1 Å². The third-order valence-corrected chi connectivity index (χ3v) is 3.03. The highest BCUT2D eigenvalue weighted by atomic mass is 16.5. The maximum Gasteiger partial charge on any atom is 0.0956 e. The van der Waals surface area contributed by atoms with E-state index in [0.717, 1.165) is 39.1 Å². The summed E-state index contributed by atoms with van der Waals surface area (Å²) in [7, 11) is 3.48. The Morgan fingerprint density at radius 2 is 1.90 bits per heavy atom. The number of ether oxygens (including phenoxy) is 1. The van der Waals surface area contributed by atoms with Crippen LogP contribution in [-0.2, 0) is 4.74 Å². The molecule has 0 atom stereocenters. The Hall–Kier alpha value is -1.20. The normalized spacial score (nSPS) is 12.4. The third kappa shape index (κ3) is 12.3. The van der Waals surface area contributed by atoms with Crippen LogP contribution in [0.25, 0.3) is 0 Å². The van der Waals surface area contributed by atoms with Gasteiger partial charge < -0.3 is 14.5 Å². The molecule has 0 rings (SSSR count). The number of rotatable bonds is 13. The van der Waals surface area contributed by atoms with Gasteiger partial charge in [0.25, 0.3) is 0 Å². The number of hydrogen-bond acceptors (Lipinski definition) is 4. The Bertz CT molecular complexity index is 303.